The van der Waals surface area contributed by atoms with Gasteiger partial charge >= 0.3 is 0 Å². The second-order valence-electron chi connectivity index (χ2n) is 11.0. The summed E-state index contributed by atoms with van der Waals surface area (Å²) in [5, 5.41) is 2.96. The summed E-state index contributed by atoms with van der Waals surface area (Å²) in [7, 11) is 4.27. The van der Waals surface area contributed by atoms with Gasteiger partial charge in [0.15, 0.2) is 11.5 Å². The van der Waals surface area contributed by atoms with Crippen molar-refractivity contribution in [3.63, 3.8) is 0 Å². The molecule has 3 aromatic rings. The number of benzene rings is 1. The van der Waals surface area contributed by atoms with Crippen LogP contribution in [0.5, 0.6) is 11.5 Å². The van der Waals surface area contributed by atoms with Gasteiger partial charge in [0.05, 0.1) is 12.5 Å². The molecule has 0 spiro atoms. The summed E-state index contributed by atoms with van der Waals surface area (Å²) in [5.41, 5.74) is 3.87. The number of thioether (sulfide) groups is 1. The first-order valence-electron chi connectivity index (χ1n) is 13.4. The van der Waals surface area contributed by atoms with Gasteiger partial charge in [0.1, 0.15) is 0 Å². The lowest BCUT2D eigenvalue weighted by Gasteiger charge is -2.39. The molecule has 1 saturated carbocycles. The number of amides is 1. The molecule has 1 amide bonds. The van der Waals surface area contributed by atoms with Crippen LogP contribution >= 0.6 is 11.8 Å². The minimum atomic E-state index is -0.819. The molecule has 1 fully saturated rings. The standard InChI is InChI=1S/C30H37N3O5S/c1-17-13-25(39-6)24(29(35)32-17)15-31-28(34)22-14-23(19-11-12-36-16-19)27-26(18(22)2)37-30(3,38-27)20-7-9-21(10-8-20)33(4)5/h11-14,16,20-21H,7-10,15H2,1-6H3,(H,31,34)(H,32,35). The molecule has 208 valence electrons. The van der Waals surface area contributed by atoms with Gasteiger partial charge in [0.25, 0.3) is 17.3 Å². The SMILES string of the molecule is CSc1cc(C)[nH]c(=O)c1CNC(=O)c1cc(-c2ccoc2)c2c(c1C)OC(C)(C1CCC(N(C)C)CC1)O2. The summed E-state index contributed by atoms with van der Waals surface area (Å²) in [5.74, 6) is 0.362. The number of hydrogen-bond donors (Lipinski definition) is 2. The molecule has 1 aliphatic carbocycles. The number of fused-ring (bicyclic) bond motifs is 1. The van der Waals surface area contributed by atoms with E-state index in [4.69, 9.17) is 13.9 Å². The Hall–Kier alpha value is -3.17. The summed E-state index contributed by atoms with van der Waals surface area (Å²) in [6.45, 7) is 5.86. The van der Waals surface area contributed by atoms with Crippen LogP contribution in [0.15, 0.2) is 44.8 Å². The first-order valence-corrected chi connectivity index (χ1v) is 14.6. The first kappa shape index (κ1) is 27.4. The number of rotatable bonds is 7. The highest BCUT2D eigenvalue weighted by atomic mass is 32.2. The molecule has 5 rings (SSSR count). The average Bonchev–Trinajstić information content (AvgIpc) is 3.57. The van der Waals surface area contributed by atoms with Gasteiger partial charge < -0.3 is 29.1 Å². The van der Waals surface area contributed by atoms with E-state index in [-0.39, 0.29) is 23.9 Å². The van der Waals surface area contributed by atoms with Gasteiger partial charge in [-0.05, 0) is 78.1 Å². The quantitative estimate of drug-likeness (QED) is 0.374. The number of carbonyl (C=O) groups is 1. The zero-order chi connectivity index (χ0) is 27.9. The monoisotopic (exact) mass is 551 g/mol. The predicted octanol–water partition coefficient (Wildman–Crippen LogP) is 5.51. The number of nitrogens with one attached hydrogen (secondary N) is 2. The van der Waals surface area contributed by atoms with Crippen molar-refractivity contribution in [3.05, 3.63) is 63.5 Å². The van der Waals surface area contributed by atoms with Crippen LogP contribution in [0.2, 0.25) is 0 Å². The lowest BCUT2D eigenvalue weighted by atomic mass is 9.81. The van der Waals surface area contributed by atoms with Crippen LogP contribution in [0, 0.1) is 19.8 Å². The zero-order valence-corrected chi connectivity index (χ0v) is 24.3. The summed E-state index contributed by atoms with van der Waals surface area (Å²) >= 11 is 1.49. The van der Waals surface area contributed by atoms with E-state index in [1.807, 2.05) is 45.2 Å². The van der Waals surface area contributed by atoms with Crippen LogP contribution in [-0.2, 0) is 6.54 Å². The van der Waals surface area contributed by atoms with Crippen molar-refractivity contribution in [2.45, 2.75) is 69.7 Å². The molecule has 9 heteroatoms. The molecule has 1 aliphatic heterocycles. The Balaban J connectivity index is 1.45. The Labute approximate surface area is 233 Å². The second kappa shape index (κ2) is 10.8. The Morgan fingerprint density at radius 3 is 2.51 bits per heavy atom. The lowest BCUT2D eigenvalue weighted by Crippen LogP contribution is -2.46. The smallest absolute Gasteiger partial charge is 0.254 e. The molecule has 1 aromatic carbocycles. The maximum atomic E-state index is 13.5. The minimum Gasteiger partial charge on any atom is -0.472 e. The van der Waals surface area contributed by atoms with Gasteiger partial charge in [-0.3, -0.25) is 9.59 Å². The van der Waals surface area contributed by atoms with Crippen LogP contribution < -0.4 is 20.3 Å². The van der Waals surface area contributed by atoms with Crippen LogP contribution in [0.25, 0.3) is 11.1 Å². The van der Waals surface area contributed by atoms with Crippen LogP contribution in [-0.4, -0.2) is 48.0 Å². The van der Waals surface area contributed by atoms with Gasteiger partial charge in [-0.15, -0.1) is 11.8 Å². The van der Waals surface area contributed by atoms with Gasteiger partial charge in [0.2, 0.25) is 0 Å². The maximum Gasteiger partial charge on any atom is 0.254 e. The molecule has 0 bridgehead atoms. The third-order valence-corrected chi connectivity index (χ3v) is 9.02. The summed E-state index contributed by atoms with van der Waals surface area (Å²) in [6, 6.07) is 6.18. The van der Waals surface area contributed by atoms with Gasteiger partial charge in [-0.25, -0.2) is 0 Å². The predicted molar refractivity (Wildman–Crippen MR) is 153 cm³/mol. The van der Waals surface area contributed by atoms with Gasteiger partial charge in [0, 0.05) is 63.8 Å². The average molecular weight is 552 g/mol. The highest BCUT2D eigenvalue weighted by molar-refractivity contribution is 7.98. The van der Waals surface area contributed by atoms with Crippen molar-refractivity contribution in [2.24, 2.45) is 5.92 Å². The highest BCUT2D eigenvalue weighted by Gasteiger charge is 2.47. The number of aromatic nitrogens is 1. The van der Waals surface area contributed by atoms with Crippen molar-refractivity contribution in [1.29, 1.82) is 0 Å². The fourth-order valence-corrected chi connectivity index (χ4v) is 6.54. The number of H-pyrrole nitrogens is 1. The maximum absolute atomic E-state index is 13.5. The Morgan fingerprint density at radius 1 is 1.15 bits per heavy atom. The summed E-state index contributed by atoms with van der Waals surface area (Å²) in [6.07, 6.45) is 9.36. The fraction of sp³-hybridized carbons (Fsp3) is 0.467. The minimum absolute atomic E-state index is 0.117. The second-order valence-corrected chi connectivity index (χ2v) is 11.8. The third-order valence-electron chi connectivity index (χ3n) is 8.21. The van der Waals surface area contributed by atoms with Crippen molar-refractivity contribution >= 4 is 17.7 Å². The van der Waals surface area contributed by atoms with E-state index in [9.17, 15) is 9.59 Å². The lowest BCUT2D eigenvalue weighted by molar-refractivity contribution is -0.123. The van der Waals surface area contributed by atoms with Crippen molar-refractivity contribution in [3.8, 4) is 22.6 Å². The number of furan rings is 1. The molecule has 3 heterocycles. The number of pyridine rings is 1. The number of aromatic amines is 1. The molecule has 2 aromatic heterocycles. The van der Waals surface area contributed by atoms with Crippen LogP contribution in [0.4, 0.5) is 0 Å². The number of hydrogen-bond acceptors (Lipinski definition) is 7. The number of ether oxygens (including phenoxy) is 2. The largest absolute Gasteiger partial charge is 0.472 e. The molecule has 2 N–H and O–H groups in total. The molecule has 2 aliphatic rings. The molecule has 0 radical (unpaired) electrons. The van der Waals surface area contributed by atoms with Crippen molar-refractivity contribution in [2.75, 3.05) is 20.4 Å². The molecular weight excluding hydrogens is 514 g/mol. The number of nitrogens with zero attached hydrogens (tertiary/aromatic N) is 1. The van der Waals surface area contributed by atoms with E-state index in [2.05, 4.69) is 29.3 Å². The normalized spacial score (nSPS) is 22.3. The van der Waals surface area contributed by atoms with Gasteiger partial charge in [-0.2, -0.15) is 0 Å². The Bertz CT molecular complexity index is 1420. The molecular formula is C30H37N3O5S. The van der Waals surface area contributed by atoms with E-state index in [0.717, 1.165) is 47.4 Å². The van der Waals surface area contributed by atoms with E-state index in [0.29, 0.717) is 34.2 Å². The zero-order valence-electron chi connectivity index (χ0n) is 23.5. The molecule has 1 atom stereocenters. The summed E-state index contributed by atoms with van der Waals surface area (Å²) in [4.78, 5) is 32.1. The van der Waals surface area contributed by atoms with Crippen molar-refractivity contribution < 1.29 is 18.7 Å². The Kier molecular flexibility index (Phi) is 7.57. The van der Waals surface area contributed by atoms with Crippen LogP contribution in [0.1, 0.15) is 59.8 Å². The number of carbonyl (C=O) groups excluding carboxylic acids is 1. The van der Waals surface area contributed by atoms with E-state index in [1.165, 1.54) is 11.8 Å². The summed E-state index contributed by atoms with van der Waals surface area (Å²) < 4.78 is 18.6. The molecule has 39 heavy (non-hydrogen) atoms. The van der Waals surface area contributed by atoms with E-state index >= 15 is 0 Å². The van der Waals surface area contributed by atoms with Gasteiger partial charge in [-0.1, -0.05) is 0 Å². The van der Waals surface area contributed by atoms with Crippen molar-refractivity contribution in [1.82, 2.24) is 15.2 Å². The molecule has 0 saturated heterocycles. The topological polar surface area (TPSA) is 96.8 Å². The first-order chi connectivity index (χ1) is 18.6. The third kappa shape index (κ3) is 5.22. The highest BCUT2D eigenvalue weighted by Crippen LogP contribution is 2.53. The van der Waals surface area contributed by atoms with Crippen LogP contribution in [0.3, 0.4) is 0 Å². The van der Waals surface area contributed by atoms with E-state index in [1.54, 1.807) is 12.5 Å². The van der Waals surface area contributed by atoms with E-state index < -0.39 is 5.79 Å². The number of aryl methyl sites for hydroxylation is 1. The fourth-order valence-electron chi connectivity index (χ4n) is 5.83. The molecule has 8 nitrogen and oxygen atoms in total. The Morgan fingerprint density at radius 2 is 1.87 bits per heavy atom. The molecule has 1 unspecified atom stereocenters.